The van der Waals surface area contributed by atoms with Crippen molar-refractivity contribution in [1.82, 2.24) is 0 Å². The first kappa shape index (κ1) is 16.3. The Labute approximate surface area is 143 Å². The van der Waals surface area contributed by atoms with Gasteiger partial charge in [-0.05, 0) is 43.4 Å². The van der Waals surface area contributed by atoms with Crippen LogP contribution in [0.25, 0.3) is 0 Å². The van der Waals surface area contributed by atoms with Crippen molar-refractivity contribution in [3.05, 3.63) is 58.1 Å². The molecule has 2 aromatic rings. The number of nitrogens with one attached hydrogen (secondary N) is 2. The SMILES string of the molecule is CSc1ccccc1NC(=O)c1ccc(NC2CC2)c([N+](=O)[O-])c1. The third-order valence-electron chi connectivity index (χ3n) is 3.75. The number of benzene rings is 2. The molecule has 1 fully saturated rings. The van der Waals surface area contributed by atoms with Gasteiger partial charge in [0.2, 0.25) is 0 Å². The fourth-order valence-corrected chi connectivity index (χ4v) is 2.89. The summed E-state index contributed by atoms with van der Waals surface area (Å²) in [5.41, 5.74) is 1.34. The zero-order chi connectivity index (χ0) is 17.1. The molecule has 1 aliphatic carbocycles. The minimum atomic E-state index is -0.461. The number of rotatable bonds is 6. The molecule has 0 radical (unpaired) electrons. The van der Waals surface area contributed by atoms with E-state index in [2.05, 4.69) is 10.6 Å². The second-order valence-electron chi connectivity index (χ2n) is 5.56. The van der Waals surface area contributed by atoms with Crippen LogP contribution in [-0.2, 0) is 0 Å². The number of amides is 1. The summed E-state index contributed by atoms with van der Waals surface area (Å²) in [7, 11) is 0. The number of thioether (sulfide) groups is 1. The topological polar surface area (TPSA) is 84.3 Å². The summed E-state index contributed by atoms with van der Waals surface area (Å²) in [6.07, 6.45) is 3.96. The number of carbonyl (C=O) groups is 1. The van der Waals surface area contributed by atoms with Crippen molar-refractivity contribution in [2.45, 2.75) is 23.8 Å². The second-order valence-corrected chi connectivity index (χ2v) is 6.41. The van der Waals surface area contributed by atoms with Gasteiger partial charge in [-0.15, -0.1) is 11.8 Å². The molecule has 1 aliphatic rings. The van der Waals surface area contributed by atoms with Crippen molar-refractivity contribution in [2.24, 2.45) is 0 Å². The number of nitro groups is 1. The van der Waals surface area contributed by atoms with Crippen LogP contribution >= 0.6 is 11.8 Å². The molecule has 0 bridgehead atoms. The number of para-hydroxylation sites is 1. The van der Waals surface area contributed by atoms with Gasteiger partial charge < -0.3 is 10.6 Å². The molecule has 6 nitrogen and oxygen atoms in total. The molecule has 0 spiro atoms. The van der Waals surface area contributed by atoms with Crippen LogP contribution in [0.1, 0.15) is 23.2 Å². The summed E-state index contributed by atoms with van der Waals surface area (Å²) >= 11 is 1.52. The molecule has 2 N–H and O–H groups in total. The standard InChI is InChI=1S/C17H17N3O3S/c1-24-16-5-3-2-4-14(16)19-17(21)11-6-9-13(18-12-7-8-12)15(10-11)20(22)23/h2-6,9-10,12,18H,7-8H2,1H3,(H,19,21). The minimum absolute atomic E-state index is 0.0762. The molecule has 1 amide bonds. The van der Waals surface area contributed by atoms with E-state index in [-0.39, 0.29) is 17.2 Å². The van der Waals surface area contributed by atoms with Crippen molar-refractivity contribution in [3.8, 4) is 0 Å². The maximum absolute atomic E-state index is 12.4. The van der Waals surface area contributed by atoms with E-state index in [1.165, 1.54) is 17.8 Å². The second kappa shape index (κ2) is 6.92. The Morgan fingerprint density at radius 2 is 1.96 bits per heavy atom. The van der Waals surface area contributed by atoms with Gasteiger partial charge in [-0.3, -0.25) is 14.9 Å². The summed E-state index contributed by atoms with van der Waals surface area (Å²) in [5, 5.41) is 17.2. The highest BCUT2D eigenvalue weighted by Gasteiger charge is 2.25. The number of carbonyl (C=O) groups excluding carboxylic acids is 1. The van der Waals surface area contributed by atoms with Gasteiger partial charge in [-0.25, -0.2) is 0 Å². The molecule has 2 aromatic carbocycles. The third kappa shape index (κ3) is 3.68. The minimum Gasteiger partial charge on any atom is -0.377 e. The van der Waals surface area contributed by atoms with Gasteiger partial charge in [-0.1, -0.05) is 12.1 Å². The predicted octanol–water partition coefficient (Wildman–Crippen LogP) is 4.14. The van der Waals surface area contributed by atoms with Crippen LogP contribution < -0.4 is 10.6 Å². The fourth-order valence-electron chi connectivity index (χ4n) is 2.34. The summed E-state index contributed by atoms with van der Waals surface area (Å²) in [5.74, 6) is -0.363. The van der Waals surface area contributed by atoms with Crippen molar-refractivity contribution < 1.29 is 9.72 Å². The van der Waals surface area contributed by atoms with Gasteiger partial charge >= 0.3 is 0 Å². The van der Waals surface area contributed by atoms with Gasteiger partial charge in [0.15, 0.2) is 0 Å². The van der Waals surface area contributed by atoms with E-state index in [9.17, 15) is 14.9 Å². The summed E-state index contributed by atoms with van der Waals surface area (Å²) in [6, 6.07) is 12.3. The molecule has 0 aromatic heterocycles. The Balaban J connectivity index is 1.84. The molecule has 124 valence electrons. The monoisotopic (exact) mass is 343 g/mol. The summed E-state index contributed by atoms with van der Waals surface area (Å²) in [6.45, 7) is 0. The van der Waals surface area contributed by atoms with Crippen LogP contribution in [0.2, 0.25) is 0 Å². The molecule has 1 saturated carbocycles. The van der Waals surface area contributed by atoms with E-state index in [0.717, 1.165) is 17.7 Å². The molecule has 0 unspecified atom stereocenters. The lowest BCUT2D eigenvalue weighted by Gasteiger charge is -2.10. The Bertz CT molecular complexity index is 790. The highest BCUT2D eigenvalue weighted by Crippen LogP contribution is 2.32. The molecular weight excluding hydrogens is 326 g/mol. The highest BCUT2D eigenvalue weighted by atomic mass is 32.2. The zero-order valence-electron chi connectivity index (χ0n) is 13.1. The Kier molecular flexibility index (Phi) is 4.71. The van der Waals surface area contributed by atoms with Crippen LogP contribution in [-0.4, -0.2) is 23.1 Å². The maximum atomic E-state index is 12.4. The average Bonchev–Trinajstić information content (AvgIpc) is 3.39. The molecule has 7 heteroatoms. The van der Waals surface area contributed by atoms with Gasteiger partial charge in [0.1, 0.15) is 5.69 Å². The average molecular weight is 343 g/mol. The predicted molar refractivity (Wildman–Crippen MR) is 95.9 cm³/mol. The van der Waals surface area contributed by atoms with Crippen LogP contribution in [0.4, 0.5) is 17.1 Å². The van der Waals surface area contributed by atoms with Gasteiger partial charge in [0, 0.05) is 22.6 Å². The van der Waals surface area contributed by atoms with Crippen molar-refractivity contribution in [1.29, 1.82) is 0 Å². The molecule has 0 heterocycles. The summed E-state index contributed by atoms with van der Waals surface area (Å²) in [4.78, 5) is 24.2. The van der Waals surface area contributed by atoms with Gasteiger partial charge in [-0.2, -0.15) is 0 Å². The number of hydrogen-bond donors (Lipinski definition) is 2. The largest absolute Gasteiger partial charge is 0.377 e. The lowest BCUT2D eigenvalue weighted by atomic mass is 10.1. The van der Waals surface area contributed by atoms with E-state index >= 15 is 0 Å². The lowest BCUT2D eigenvalue weighted by molar-refractivity contribution is -0.384. The molecule has 0 saturated heterocycles. The van der Waals surface area contributed by atoms with Gasteiger partial charge in [0.25, 0.3) is 11.6 Å². The van der Waals surface area contributed by atoms with Crippen LogP contribution in [0.3, 0.4) is 0 Å². The van der Waals surface area contributed by atoms with Crippen molar-refractivity contribution in [3.63, 3.8) is 0 Å². The van der Waals surface area contributed by atoms with E-state index in [1.54, 1.807) is 18.2 Å². The normalized spacial score (nSPS) is 13.4. The van der Waals surface area contributed by atoms with Crippen LogP contribution in [0.5, 0.6) is 0 Å². The third-order valence-corrected chi connectivity index (χ3v) is 4.54. The smallest absolute Gasteiger partial charge is 0.293 e. The van der Waals surface area contributed by atoms with E-state index < -0.39 is 4.92 Å². The lowest BCUT2D eigenvalue weighted by Crippen LogP contribution is -2.13. The summed E-state index contributed by atoms with van der Waals surface area (Å²) < 4.78 is 0. The molecule has 3 rings (SSSR count). The van der Waals surface area contributed by atoms with Crippen molar-refractivity contribution >= 4 is 34.7 Å². The Hall–Kier alpha value is -2.54. The fraction of sp³-hybridized carbons (Fsp3) is 0.235. The van der Waals surface area contributed by atoms with E-state index in [0.29, 0.717) is 17.4 Å². The van der Waals surface area contributed by atoms with Crippen LogP contribution in [0.15, 0.2) is 47.4 Å². The quantitative estimate of drug-likeness (QED) is 0.468. The van der Waals surface area contributed by atoms with E-state index in [1.807, 2.05) is 24.5 Å². The Morgan fingerprint density at radius 3 is 2.62 bits per heavy atom. The number of nitro benzene ring substituents is 1. The number of anilines is 2. The molecule has 0 aliphatic heterocycles. The molecular formula is C17H17N3O3S. The van der Waals surface area contributed by atoms with Crippen molar-refractivity contribution in [2.75, 3.05) is 16.9 Å². The number of hydrogen-bond acceptors (Lipinski definition) is 5. The Morgan fingerprint density at radius 1 is 1.21 bits per heavy atom. The highest BCUT2D eigenvalue weighted by molar-refractivity contribution is 7.98. The van der Waals surface area contributed by atoms with E-state index in [4.69, 9.17) is 0 Å². The van der Waals surface area contributed by atoms with Gasteiger partial charge in [0.05, 0.1) is 10.6 Å². The molecule has 24 heavy (non-hydrogen) atoms. The molecule has 0 atom stereocenters. The maximum Gasteiger partial charge on any atom is 0.293 e. The number of nitrogens with zero attached hydrogens (tertiary/aromatic N) is 1. The van der Waals surface area contributed by atoms with Crippen LogP contribution in [0, 0.1) is 10.1 Å². The first-order valence-electron chi connectivity index (χ1n) is 7.58. The zero-order valence-corrected chi connectivity index (χ0v) is 13.9. The first-order valence-corrected chi connectivity index (χ1v) is 8.80. The first-order chi connectivity index (χ1) is 11.6.